The predicted octanol–water partition coefficient (Wildman–Crippen LogP) is 3.93. The summed E-state index contributed by atoms with van der Waals surface area (Å²) in [6.45, 7) is 7.15. The maximum absolute atomic E-state index is 13.1. The second-order valence-corrected chi connectivity index (χ2v) is 7.12. The summed E-state index contributed by atoms with van der Waals surface area (Å²) in [6.07, 6.45) is -1.56. The topological polar surface area (TPSA) is 54.3 Å². The Hall–Kier alpha value is -3.20. The molecule has 156 valence electrons. The molecule has 1 aliphatic heterocycles. The first-order valence-electron chi connectivity index (χ1n) is 8.91. The van der Waals surface area contributed by atoms with Gasteiger partial charge < -0.3 is 4.57 Å². The van der Waals surface area contributed by atoms with Gasteiger partial charge in [-0.2, -0.15) is 13.2 Å². The number of alkyl halides is 3. The van der Waals surface area contributed by atoms with Crippen molar-refractivity contribution in [3.05, 3.63) is 71.1 Å². The van der Waals surface area contributed by atoms with Crippen molar-refractivity contribution in [3.63, 3.8) is 0 Å². The molecule has 0 unspecified atom stereocenters. The molecule has 0 atom stereocenters. The molecular formula is C21H18F3N3O2S. The number of nitrogens with one attached hydrogen (secondary N) is 1. The highest BCUT2D eigenvalue weighted by atomic mass is 32.1. The van der Waals surface area contributed by atoms with Crippen molar-refractivity contribution < 1.29 is 22.8 Å². The molecule has 1 aromatic heterocycles. The summed E-state index contributed by atoms with van der Waals surface area (Å²) in [4.78, 5) is 26.2. The monoisotopic (exact) mass is 433 g/mol. The maximum atomic E-state index is 13.1. The number of rotatable bonds is 4. The van der Waals surface area contributed by atoms with Gasteiger partial charge in [-0.3, -0.25) is 19.8 Å². The van der Waals surface area contributed by atoms with Gasteiger partial charge in [-0.25, -0.2) is 0 Å². The Morgan fingerprint density at radius 2 is 1.90 bits per heavy atom. The number of aryl methyl sites for hydroxylation is 1. The summed E-state index contributed by atoms with van der Waals surface area (Å²) in [7, 11) is 0. The van der Waals surface area contributed by atoms with Gasteiger partial charge in [0, 0.05) is 23.6 Å². The van der Waals surface area contributed by atoms with Gasteiger partial charge in [0.1, 0.15) is 5.57 Å². The molecule has 0 bridgehead atoms. The van der Waals surface area contributed by atoms with Gasteiger partial charge in [-0.1, -0.05) is 12.1 Å². The number of hydrogen-bond donors (Lipinski definition) is 1. The van der Waals surface area contributed by atoms with Crippen LogP contribution in [-0.2, 0) is 15.8 Å². The van der Waals surface area contributed by atoms with Crippen LogP contribution in [0.2, 0.25) is 0 Å². The minimum Gasteiger partial charge on any atom is -0.318 e. The largest absolute Gasteiger partial charge is 0.416 e. The van der Waals surface area contributed by atoms with E-state index in [2.05, 4.69) is 11.9 Å². The van der Waals surface area contributed by atoms with E-state index in [9.17, 15) is 22.8 Å². The smallest absolute Gasteiger partial charge is 0.318 e. The lowest BCUT2D eigenvalue weighted by Gasteiger charge is -2.27. The fraction of sp³-hybridized carbons (Fsp3) is 0.190. The van der Waals surface area contributed by atoms with Crippen LogP contribution in [0.5, 0.6) is 0 Å². The lowest BCUT2D eigenvalue weighted by molar-refractivity contribution is -0.137. The molecule has 2 aromatic rings. The number of benzene rings is 1. The Labute approximate surface area is 176 Å². The van der Waals surface area contributed by atoms with E-state index in [0.29, 0.717) is 22.6 Å². The van der Waals surface area contributed by atoms with Gasteiger partial charge in [0.15, 0.2) is 5.11 Å². The van der Waals surface area contributed by atoms with Crippen LogP contribution in [-0.4, -0.2) is 32.9 Å². The third-order valence-corrected chi connectivity index (χ3v) is 5.02. The molecule has 1 N–H and O–H groups in total. The van der Waals surface area contributed by atoms with Crippen LogP contribution in [0.1, 0.15) is 22.5 Å². The number of nitrogens with zero attached hydrogens (tertiary/aromatic N) is 2. The molecule has 1 fully saturated rings. The second-order valence-electron chi connectivity index (χ2n) is 6.73. The molecule has 2 heterocycles. The number of aromatic nitrogens is 1. The van der Waals surface area contributed by atoms with E-state index in [1.54, 1.807) is 30.5 Å². The second kappa shape index (κ2) is 7.91. The van der Waals surface area contributed by atoms with E-state index >= 15 is 0 Å². The molecule has 1 saturated heterocycles. The van der Waals surface area contributed by atoms with Crippen LogP contribution >= 0.6 is 12.2 Å². The highest BCUT2D eigenvalue weighted by Gasteiger charge is 2.33. The van der Waals surface area contributed by atoms with Crippen molar-refractivity contribution in [1.82, 2.24) is 14.8 Å². The van der Waals surface area contributed by atoms with Crippen molar-refractivity contribution in [3.8, 4) is 5.69 Å². The minimum atomic E-state index is -4.46. The lowest BCUT2D eigenvalue weighted by Crippen LogP contribution is -2.53. The van der Waals surface area contributed by atoms with Crippen LogP contribution in [0, 0.1) is 13.8 Å². The average molecular weight is 433 g/mol. The van der Waals surface area contributed by atoms with Crippen molar-refractivity contribution in [2.24, 2.45) is 0 Å². The number of amides is 2. The predicted molar refractivity (Wildman–Crippen MR) is 111 cm³/mol. The Kier molecular flexibility index (Phi) is 5.67. The third-order valence-electron chi connectivity index (χ3n) is 4.70. The first kappa shape index (κ1) is 21.5. The van der Waals surface area contributed by atoms with Crippen LogP contribution in [0.3, 0.4) is 0 Å². The summed E-state index contributed by atoms with van der Waals surface area (Å²) in [5.74, 6) is -1.19. The Morgan fingerprint density at radius 1 is 1.20 bits per heavy atom. The van der Waals surface area contributed by atoms with Crippen LogP contribution in [0.15, 0.2) is 48.6 Å². The molecule has 3 rings (SSSR count). The van der Waals surface area contributed by atoms with Gasteiger partial charge in [0.2, 0.25) is 0 Å². The molecule has 0 saturated carbocycles. The maximum Gasteiger partial charge on any atom is 0.416 e. The highest BCUT2D eigenvalue weighted by molar-refractivity contribution is 7.80. The number of hydrogen-bond acceptors (Lipinski definition) is 3. The SMILES string of the molecule is C=CCN1C(=O)C(=Cc2cc(C)n(-c3cccc(C(F)(F)F)c3)c2C)C(=O)NC1=S. The van der Waals surface area contributed by atoms with E-state index in [-0.39, 0.29) is 17.2 Å². The molecule has 0 spiro atoms. The van der Waals surface area contributed by atoms with Crippen LogP contribution in [0.25, 0.3) is 11.8 Å². The number of carbonyl (C=O) groups excluding carboxylic acids is 2. The normalized spacial score (nSPS) is 16.2. The zero-order chi connectivity index (χ0) is 22.2. The van der Waals surface area contributed by atoms with E-state index in [4.69, 9.17) is 12.2 Å². The number of halogens is 3. The molecule has 5 nitrogen and oxygen atoms in total. The Bertz CT molecular complexity index is 1100. The molecule has 9 heteroatoms. The first-order chi connectivity index (χ1) is 14.0. The van der Waals surface area contributed by atoms with Crippen molar-refractivity contribution >= 4 is 35.2 Å². The first-order valence-corrected chi connectivity index (χ1v) is 9.31. The molecular weight excluding hydrogens is 415 g/mol. The third kappa shape index (κ3) is 3.93. The van der Waals surface area contributed by atoms with E-state index in [1.165, 1.54) is 23.1 Å². The lowest BCUT2D eigenvalue weighted by atomic mass is 10.1. The number of carbonyl (C=O) groups is 2. The van der Waals surface area contributed by atoms with Gasteiger partial charge >= 0.3 is 6.18 Å². The zero-order valence-corrected chi connectivity index (χ0v) is 17.0. The van der Waals surface area contributed by atoms with Crippen LogP contribution in [0.4, 0.5) is 13.2 Å². The Morgan fingerprint density at radius 3 is 2.53 bits per heavy atom. The van der Waals surface area contributed by atoms with Gasteiger partial charge in [-0.15, -0.1) is 6.58 Å². The summed E-state index contributed by atoms with van der Waals surface area (Å²) in [5.41, 5.74) is 1.23. The molecule has 0 aliphatic carbocycles. The van der Waals surface area contributed by atoms with Crippen molar-refractivity contribution in [2.75, 3.05) is 6.54 Å². The molecule has 1 aliphatic rings. The molecule has 1 aromatic carbocycles. The molecule has 0 radical (unpaired) electrons. The highest BCUT2D eigenvalue weighted by Crippen LogP contribution is 2.32. The minimum absolute atomic E-state index is 0.00325. The summed E-state index contributed by atoms with van der Waals surface area (Å²) < 4.78 is 40.9. The number of thiocarbonyl (C=S) groups is 1. The molecule has 2 amide bonds. The van der Waals surface area contributed by atoms with E-state index in [0.717, 1.165) is 12.1 Å². The standard InChI is InChI=1S/C21H18F3N3O2S/c1-4-8-26-19(29)17(18(28)25-20(26)30)10-14-9-12(2)27(13(14)3)16-7-5-6-15(11-16)21(22,23)24/h4-7,9-11H,1,8H2,2-3H3,(H,25,28,30). The van der Waals surface area contributed by atoms with E-state index < -0.39 is 23.6 Å². The summed E-state index contributed by atoms with van der Waals surface area (Å²) >= 11 is 5.02. The summed E-state index contributed by atoms with van der Waals surface area (Å²) in [6, 6.07) is 6.66. The van der Waals surface area contributed by atoms with E-state index in [1.807, 2.05) is 0 Å². The average Bonchev–Trinajstić information content (AvgIpc) is 2.95. The fourth-order valence-electron chi connectivity index (χ4n) is 3.30. The Balaban J connectivity index is 2.06. The van der Waals surface area contributed by atoms with Crippen molar-refractivity contribution in [1.29, 1.82) is 0 Å². The zero-order valence-electron chi connectivity index (χ0n) is 16.2. The van der Waals surface area contributed by atoms with Gasteiger partial charge in [0.25, 0.3) is 11.8 Å². The van der Waals surface area contributed by atoms with Gasteiger partial charge in [0.05, 0.1) is 5.56 Å². The quantitative estimate of drug-likeness (QED) is 0.344. The summed E-state index contributed by atoms with van der Waals surface area (Å²) in [5, 5.41) is 2.46. The van der Waals surface area contributed by atoms with Gasteiger partial charge in [-0.05, 0) is 62.0 Å². The fourth-order valence-corrected chi connectivity index (χ4v) is 3.55. The molecule has 30 heavy (non-hydrogen) atoms. The van der Waals surface area contributed by atoms with Crippen LogP contribution < -0.4 is 5.32 Å². The van der Waals surface area contributed by atoms with Crippen molar-refractivity contribution in [2.45, 2.75) is 20.0 Å².